The van der Waals surface area contributed by atoms with Gasteiger partial charge in [0.1, 0.15) is 0 Å². The maximum Gasteiger partial charge on any atom is 0.0368 e. The zero-order chi connectivity index (χ0) is 26.2. The first-order valence-electron chi connectivity index (χ1n) is 13.6. The monoisotopic (exact) mass is 542 g/mol. The predicted octanol–water partition coefficient (Wildman–Crippen LogP) is 12.1. The lowest BCUT2D eigenvalue weighted by molar-refractivity contribution is 1.71. The summed E-state index contributed by atoms with van der Waals surface area (Å²) in [6.07, 6.45) is 0. The van der Waals surface area contributed by atoms with Crippen molar-refractivity contribution in [3.63, 3.8) is 0 Å². The van der Waals surface area contributed by atoms with E-state index < -0.39 is 0 Å². The Bertz CT molecular complexity index is 2380. The third-order valence-electron chi connectivity index (χ3n) is 8.31. The first kappa shape index (κ1) is 22.3. The van der Waals surface area contributed by atoms with Crippen LogP contribution in [0, 0.1) is 0 Å². The second-order valence-corrected chi connectivity index (χ2v) is 12.5. The summed E-state index contributed by atoms with van der Waals surface area (Å²) in [7, 11) is 0. The van der Waals surface area contributed by atoms with Gasteiger partial charge in [0.05, 0.1) is 0 Å². The van der Waals surface area contributed by atoms with Gasteiger partial charge in [-0.15, -0.1) is 22.7 Å². The summed E-state index contributed by atoms with van der Waals surface area (Å²) in [4.78, 5) is 1.33. The minimum absolute atomic E-state index is 1.27. The first-order chi connectivity index (χ1) is 19.8. The zero-order valence-electron chi connectivity index (χ0n) is 21.5. The molecule has 9 rings (SSSR count). The molecule has 9 aromatic rings. The summed E-state index contributed by atoms with van der Waals surface area (Å²) >= 11 is 3.73. The van der Waals surface area contributed by atoms with Crippen molar-refractivity contribution >= 4 is 85.9 Å². The molecule has 7 aromatic carbocycles. The molecule has 0 N–H and O–H groups in total. The molecule has 0 saturated heterocycles. The number of benzene rings is 7. The normalized spacial score (nSPS) is 12.0. The molecule has 0 atom stereocenters. The molecule has 2 heteroatoms. The van der Waals surface area contributed by atoms with Crippen LogP contribution >= 0.6 is 22.7 Å². The van der Waals surface area contributed by atoms with E-state index in [0.717, 1.165) is 0 Å². The second-order valence-electron chi connectivity index (χ2n) is 10.5. The molecule has 0 saturated carbocycles. The van der Waals surface area contributed by atoms with Crippen LogP contribution in [0.2, 0.25) is 0 Å². The summed E-state index contributed by atoms with van der Waals surface area (Å²) in [6.45, 7) is 0. The molecule has 2 aromatic heterocycles. The van der Waals surface area contributed by atoms with Crippen LogP contribution in [0.1, 0.15) is 0 Å². The zero-order valence-corrected chi connectivity index (χ0v) is 23.2. The molecule has 186 valence electrons. The third-order valence-corrected chi connectivity index (χ3v) is 10.3. The summed E-state index contributed by atoms with van der Waals surface area (Å²) in [5.74, 6) is 0. The van der Waals surface area contributed by atoms with Gasteiger partial charge in [0.15, 0.2) is 0 Å². The van der Waals surface area contributed by atoms with E-state index in [1.54, 1.807) is 0 Å². The first-order valence-corrected chi connectivity index (χ1v) is 15.3. The van der Waals surface area contributed by atoms with Gasteiger partial charge in [-0.05, 0) is 94.6 Å². The molecule has 0 fully saturated rings. The van der Waals surface area contributed by atoms with Crippen molar-refractivity contribution in [2.75, 3.05) is 0 Å². The van der Waals surface area contributed by atoms with E-state index in [1.165, 1.54) is 84.8 Å². The minimum Gasteiger partial charge on any atom is -0.144 e. The Morgan fingerprint density at radius 2 is 1.07 bits per heavy atom. The van der Waals surface area contributed by atoms with Gasteiger partial charge in [-0.1, -0.05) is 103 Å². The molecule has 0 aliphatic heterocycles. The van der Waals surface area contributed by atoms with Gasteiger partial charge in [0.2, 0.25) is 0 Å². The number of hydrogen-bond acceptors (Lipinski definition) is 2. The van der Waals surface area contributed by atoms with E-state index >= 15 is 0 Å². The minimum atomic E-state index is 1.27. The largest absolute Gasteiger partial charge is 0.144 e. The van der Waals surface area contributed by atoms with Crippen molar-refractivity contribution in [1.29, 1.82) is 0 Å². The number of rotatable bonds is 2. The summed E-state index contributed by atoms with van der Waals surface area (Å²) in [5.41, 5.74) is 3.95. The molecule has 2 heterocycles. The Labute approximate surface area is 239 Å². The van der Waals surface area contributed by atoms with Crippen LogP contribution in [0.4, 0.5) is 0 Å². The molecule has 0 radical (unpaired) electrons. The molecule has 0 spiro atoms. The van der Waals surface area contributed by atoms with Crippen molar-refractivity contribution in [3.05, 3.63) is 133 Å². The van der Waals surface area contributed by atoms with Gasteiger partial charge in [-0.25, -0.2) is 0 Å². The Morgan fingerprint density at radius 3 is 1.93 bits per heavy atom. The van der Waals surface area contributed by atoms with Crippen LogP contribution in [0.15, 0.2) is 133 Å². The average Bonchev–Trinajstić information content (AvgIpc) is 3.64. The van der Waals surface area contributed by atoms with Gasteiger partial charge in [0.25, 0.3) is 0 Å². The van der Waals surface area contributed by atoms with E-state index in [2.05, 4.69) is 133 Å². The number of fused-ring (bicyclic) bond motifs is 7. The Kier molecular flexibility index (Phi) is 4.74. The molecule has 0 amide bonds. The topological polar surface area (TPSA) is 0 Å². The summed E-state index contributed by atoms with van der Waals surface area (Å²) in [6, 6.07) is 47.4. The van der Waals surface area contributed by atoms with Crippen molar-refractivity contribution in [3.8, 4) is 21.6 Å². The van der Waals surface area contributed by atoms with Crippen LogP contribution in [0.3, 0.4) is 0 Å². The van der Waals surface area contributed by atoms with E-state index in [4.69, 9.17) is 0 Å². The number of hydrogen-bond donors (Lipinski definition) is 0. The highest BCUT2D eigenvalue weighted by Crippen LogP contribution is 2.49. The van der Waals surface area contributed by atoms with Crippen molar-refractivity contribution in [1.82, 2.24) is 0 Å². The Morgan fingerprint density at radius 1 is 0.400 bits per heavy atom. The van der Waals surface area contributed by atoms with Crippen LogP contribution in [-0.4, -0.2) is 0 Å². The van der Waals surface area contributed by atoms with E-state index in [1.807, 2.05) is 22.7 Å². The summed E-state index contributed by atoms with van der Waals surface area (Å²) in [5, 5.41) is 15.2. The maximum atomic E-state index is 2.42. The Balaban J connectivity index is 1.50. The SMILES string of the molecule is c1ccc2c(-c3c4ccccc4c(-c4cc5cc6sccc6cc5s4)c4c3ccc3ccccc34)cccc2c1. The highest BCUT2D eigenvalue weighted by molar-refractivity contribution is 7.23. The molecule has 0 bridgehead atoms. The standard InChI is InChI=1S/C38H22S2/c1-3-11-27-23(8-1)10-7-15-29(27)36-30-13-5-6-14-31(30)38(37-28-12-4-2-9-24(28)16-17-32(36)37)35-22-26-21-33-25(18-19-39-33)20-34(26)40-35/h1-22H. The quantitative estimate of drug-likeness (QED) is 0.150. The van der Waals surface area contributed by atoms with Crippen LogP contribution in [-0.2, 0) is 0 Å². The van der Waals surface area contributed by atoms with Gasteiger partial charge in [0, 0.05) is 19.8 Å². The fourth-order valence-electron chi connectivity index (χ4n) is 6.56. The van der Waals surface area contributed by atoms with Crippen LogP contribution in [0.25, 0.3) is 84.8 Å². The summed E-state index contributed by atoms with van der Waals surface area (Å²) < 4.78 is 2.69. The Hall–Kier alpha value is -4.50. The van der Waals surface area contributed by atoms with Crippen molar-refractivity contribution < 1.29 is 0 Å². The molecule has 0 unspecified atom stereocenters. The molecule has 0 aliphatic rings. The third kappa shape index (κ3) is 3.18. The van der Waals surface area contributed by atoms with Gasteiger partial charge in [-0.3, -0.25) is 0 Å². The second kappa shape index (κ2) is 8.50. The van der Waals surface area contributed by atoms with Crippen LogP contribution in [0.5, 0.6) is 0 Å². The lowest BCUT2D eigenvalue weighted by Crippen LogP contribution is -1.91. The fourth-order valence-corrected chi connectivity index (χ4v) is 8.53. The van der Waals surface area contributed by atoms with E-state index in [0.29, 0.717) is 0 Å². The lowest BCUT2D eigenvalue weighted by Gasteiger charge is -2.19. The van der Waals surface area contributed by atoms with E-state index in [-0.39, 0.29) is 0 Å². The predicted molar refractivity (Wildman–Crippen MR) is 178 cm³/mol. The van der Waals surface area contributed by atoms with E-state index in [9.17, 15) is 0 Å². The molecule has 0 aliphatic carbocycles. The molecule has 40 heavy (non-hydrogen) atoms. The smallest absolute Gasteiger partial charge is 0.0368 e. The maximum absolute atomic E-state index is 2.42. The molecular weight excluding hydrogens is 521 g/mol. The van der Waals surface area contributed by atoms with Crippen molar-refractivity contribution in [2.24, 2.45) is 0 Å². The lowest BCUT2D eigenvalue weighted by atomic mass is 9.84. The highest BCUT2D eigenvalue weighted by atomic mass is 32.1. The highest BCUT2D eigenvalue weighted by Gasteiger charge is 2.21. The average molecular weight is 543 g/mol. The fraction of sp³-hybridized carbons (Fsp3) is 0. The van der Waals surface area contributed by atoms with Gasteiger partial charge < -0.3 is 0 Å². The van der Waals surface area contributed by atoms with Gasteiger partial charge in [-0.2, -0.15) is 0 Å². The van der Waals surface area contributed by atoms with Crippen LogP contribution < -0.4 is 0 Å². The molecule has 0 nitrogen and oxygen atoms in total. The van der Waals surface area contributed by atoms with Crippen molar-refractivity contribution in [2.45, 2.75) is 0 Å². The number of thiophene rings is 2. The van der Waals surface area contributed by atoms with Gasteiger partial charge >= 0.3 is 0 Å². The molecular formula is C38H22S2.